The molecule has 2 atom stereocenters. The highest BCUT2D eigenvalue weighted by Gasteiger charge is 2.32. The lowest BCUT2D eigenvalue weighted by molar-refractivity contribution is 0.306. The second kappa shape index (κ2) is 3.25. The van der Waals surface area contributed by atoms with E-state index in [1.54, 1.807) is 0 Å². The monoisotopic (exact) mass is 204 g/mol. The zero-order chi connectivity index (χ0) is 7.61. The van der Waals surface area contributed by atoms with E-state index in [1.807, 2.05) is 0 Å². The van der Waals surface area contributed by atoms with Crippen molar-refractivity contribution in [1.29, 1.82) is 0 Å². The van der Waals surface area contributed by atoms with Crippen LogP contribution in [0.1, 0.15) is 46.0 Å². The van der Waals surface area contributed by atoms with Gasteiger partial charge in [-0.05, 0) is 31.1 Å². The first-order valence-corrected chi connectivity index (χ1v) is 5.22. The van der Waals surface area contributed by atoms with E-state index in [9.17, 15) is 0 Å². The first kappa shape index (κ1) is 8.58. The van der Waals surface area contributed by atoms with Gasteiger partial charge in [0, 0.05) is 4.83 Å². The predicted octanol–water partition coefficient (Wildman–Crippen LogP) is 3.74. The van der Waals surface area contributed by atoms with Gasteiger partial charge in [0.2, 0.25) is 0 Å². The summed E-state index contributed by atoms with van der Waals surface area (Å²) in [7, 11) is 0. The third kappa shape index (κ3) is 1.98. The van der Waals surface area contributed by atoms with Gasteiger partial charge in [-0.15, -0.1) is 0 Å². The maximum atomic E-state index is 3.68. The number of halogens is 1. The van der Waals surface area contributed by atoms with Gasteiger partial charge in [0.15, 0.2) is 0 Å². The van der Waals surface area contributed by atoms with Gasteiger partial charge in [-0.25, -0.2) is 0 Å². The van der Waals surface area contributed by atoms with Crippen molar-refractivity contribution in [3.63, 3.8) is 0 Å². The fourth-order valence-corrected chi connectivity index (χ4v) is 3.09. The molecule has 1 aliphatic rings. The molecule has 1 rings (SSSR count). The molecule has 0 aromatic rings. The van der Waals surface area contributed by atoms with Crippen LogP contribution in [0.15, 0.2) is 0 Å². The van der Waals surface area contributed by atoms with Crippen LogP contribution < -0.4 is 0 Å². The van der Waals surface area contributed by atoms with Crippen LogP contribution in [-0.2, 0) is 0 Å². The van der Waals surface area contributed by atoms with Crippen molar-refractivity contribution in [2.75, 3.05) is 0 Å². The van der Waals surface area contributed by atoms with Gasteiger partial charge in [0.25, 0.3) is 0 Å². The van der Waals surface area contributed by atoms with Crippen LogP contribution in [0.4, 0.5) is 0 Å². The molecule has 0 N–H and O–H groups in total. The molecule has 1 saturated carbocycles. The maximum Gasteiger partial charge on any atom is 0.0151 e. The normalized spacial score (nSPS) is 40.5. The highest BCUT2D eigenvalue weighted by Crippen LogP contribution is 2.44. The lowest BCUT2D eigenvalue weighted by Crippen LogP contribution is -2.10. The van der Waals surface area contributed by atoms with Crippen molar-refractivity contribution in [1.82, 2.24) is 0 Å². The van der Waals surface area contributed by atoms with Crippen molar-refractivity contribution >= 4 is 15.9 Å². The summed E-state index contributed by atoms with van der Waals surface area (Å²) in [6.45, 7) is 4.71. The molecule has 1 aliphatic carbocycles. The summed E-state index contributed by atoms with van der Waals surface area (Å²) in [5.74, 6) is 0. The molecule has 1 fully saturated rings. The highest BCUT2D eigenvalue weighted by molar-refractivity contribution is 9.09. The minimum atomic E-state index is 0.670. The van der Waals surface area contributed by atoms with Crippen molar-refractivity contribution in [3.8, 4) is 0 Å². The Hall–Kier alpha value is 0.480. The Morgan fingerprint density at radius 2 is 2.30 bits per heavy atom. The Morgan fingerprint density at radius 3 is 2.70 bits per heavy atom. The third-order valence-corrected chi connectivity index (χ3v) is 3.41. The minimum Gasteiger partial charge on any atom is -0.0890 e. The van der Waals surface area contributed by atoms with Crippen LogP contribution in [0, 0.1) is 5.41 Å². The quantitative estimate of drug-likeness (QED) is 0.602. The molecule has 0 aromatic carbocycles. The molecular formula is C9H17Br. The lowest BCUT2D eigenvalue weighted by atomic mass is 9.84. The number of rotatable bonds is 2. The van der Waals surface area contributed by atoms with Crippen molar-refractivity contribution in [3.05, 3.63) is 0 Å². The van der Waals surface area contributed by atoms with Crippen LogP contribution in [0.2, 0.25) is 0 Å². The minimum absolute atomic E-state index is 0.670. The predicted molar refractivity (Wildman–Crippen MR) is 49.6 cm³/mol. The average Bonchev–Trinajstić information content (AvgIpc) is 2.12. The van der Waals surface area contributed by atoms with E-state index < -0.39 is 0 Å². The number of hydrogen-bond acceptors (Lipinski definition) is 0. The van der Waals surface area contributed by atoms with Crippen LogP contribution >= 0.6 is 15.9 Å². The average molecular weight is 205 g/mol. The molecule has 0 aliphatic heterocycles. The summed E-state index contributed by atoms with van der Waals surface area (Å²) in [6.07, 6.45) is 6.96. The molecule has 2 unspecified atom stereocenters. The number of hydrogen-bond donors (Lipinski definition) is 0. The molecule has 0 bridgehead atoms. The van der Waals surface area contributed by atoms with E-state index in [-0.39, 0.29) is 0 Å². The molecule has 60 valence electrons. The summed E-state index contributed by atoms with van der Waals surface area (Å²) in [5, 5.41) is 0. The molecule has 1 heteroatoms. The molecule has 0 radical (unpaired) electrons. The Labute approximate surface area is 72.5 Å². The van der Waals surface area contributed by atoms with Gasteiger partial charge in [-0.3, -0.25) is 0 Å². The fraction of sp³-hybridized carbons (Fsp3) is 1.00. The van der Waals surface area contributed by atoms with Crippen molar-refractivity contribution < 1.29 is 0 Å². The smallest absolute Gasteiger partial charge is 0.0151 e. The second-order valence-corrected chi connectivity index (χ2v) is 5.20. The fourth-order valence-electron chi connectivity index (χ4n) is 2.07. The van der Waals surface area contributed by atoms with Gasteiger partial charge < -0.3 is 0 Å². The summed E-state index contributed by atoms with van der Waals surface area (Å²) < 4.78 is 0. The van der Waals surface area contributed by atoms with Gasteiger partial charge in [0.1, 0.15) is 0 Å². The summed E-state index contributed by atoms with van der Waals surface area (Å²) >= 11 is 3.68. The lowest BCUT2D eigenvalue weighted by Gasteiger charge is -2.22. The molecule has 0 heterocycles. The summed E-state index contributed by atoms with van der Waals surface area (Å²) in [4.78, 5) is 0.809. The van der Waals surface area contributed by atoms with E-state index in [2.05, 4.69) is 29.8 Å². The topological polar surface area (TPSA) is 0 Å². The van der Waals surface area contributed by atoms with Gasteiger partial charge in [-0.1, -0.05) is 36.2 Å². The Bertz CT molecular complexity index is 107. The van der Waals surface area contributed by atoms with Crippen LogP contribution in [0.5, 0.6) is 0 Å². The zero-order valence-electron chi connectivity index (χ0n) is 6.99. The molecular weight excluding hydrogens is 188 g/mol. The van der Waals surface area contributed by atoms with E-state index in [0.29, 0.717) is 5.41 Å². The Balaban J connectivity index is 2.38. The Kier molecular flexibility index (Phi) is 2.79. The largest absolute Gasteiger partial charge is 0.0890 e. The van der Waals surface area contributed by atoms with E-state index in [1.165, 1.54) is 32.1 Å². The summed E-state index contributed by atoms with van der Waals surface area (Å²) in [6, 6.07) is 0. The van der Waals surface area contributed by atoms with Crippen molar-refractivity contribution in [2.24, 2.45) is 5.41 Å². The standard InChI is InChI=1S/C9H17Br/c1-3-5-9(2)6-4-8(10)7-9/h8H,3-7H2,1-2H3. The van der Waals surface area contributed by atoms with Crippen molar-refractivity contribution in [2.45, 2.75) is 50.8 Å². The van der Waals surface area contributed by atoms with Gasteiger partial charge >= 0.3 is 0 Å². The Morgan fingerprint density at radius 1 is 1.60 bits per heavy atom. The van der Waals surface area contributed by atoms with Gasteiger partial charge in [0.05, 0.1) is 0 Å². The first-order valence-electron chi connectivity index (χ1n) is 4.30. The van der Waals surface area contributed by atoms with E-state index in [4.69, 9.17) is 0 Å². The maximum absolute atomic E-state index is 3.68. The summed E-state index contributed by atoms with van der Waals surface area (Å²) in [5.41, 5.74) is 0.670. The van der Waals surface area contributed by atoms with Crippen LogP contribution in [-0.4, -0.2) is 4.83 Å². The zero-order valence-corrected chi connectivity index (χ0v) is 8.58. The second-order valence-electron chi connectivity index (χ2n) is 3.90. The highest BCUT2D eigenvalue weighted by atomic mass is 79.9. The van der Waals surface area contributed by atoms with Crippen LogP contribution in [0.3, 0.4) is 0 Å². The number of alkyl halides is 1. The SMILES string of the molecule is CCCC1(C)CCC(Br)C1. The molecule has 0 nitrogen and oxygen atoms in total. The first-order chi connectivity index (χ1) is 4.66. The molecule has 10 heavy (non-hydrogen) atoms. The van der Waals surface area contributed by atoms with E-state index >= 15 is 0 Å². The van der Waals surface area contributed by atoms with Crippen LogP contribution in [0.25, 0.3) is 0 Å². The molecule has 0 saturated heterocycles. The van der Waals surface area contributed by atoms with Gasteiger partial charge in [-0.2, -0.15) is 0 Å². The third-order valence-electron chi connectivity index (χ3n) is 2.63. The molecule has 0 spiro atoms. The molecule has 0 amide bonds. The molecule has 0 aromatic heterocycles. The van der Waals surface area contributed by atoms with E-state index in [0.717, 1.165) is 4.83 Å².